The highest BCUT2D eigenvalue weighted by molar-refractivity contribution is 7.18. The summed E-state index contributed by atoms with van der Waals surface area (Å²) in [4.78, 5) is 21.7. The fourth-order valence-corrected chi connectivity index (χ4v) is 5.70. The number of hydrogen-bond donors (Lipinski definition) is 3. The molecule has 2 aromatic carbocycles. The molecule has 0 bridgehead atoms. The van der Waals surface area contributed by atoms with Crippen molar-refractivity contribution in [3.05, 3.63) is 95.3 Å². The molecule has 0 saturated heterocycles. The van der Waals surface area contributed by atoms with Crippen LogP contribution in [0.25, 0.3) is 32.1 Å². The van der Waals surface area contributed by atoms with Gasteiger partial charge in [0, 0.05) is 46.9 Å². The van der Waals surface area contributed by atoms with E-state index in [2.05, 4.69) is 27.1 Å². The van der Waals surface area contributed by atoms with E-state index in [9.17, 15) is 4.79 Å². The Morgan fingerprint density at radius 3 is 2.65 bits per heavy atom. The zero-order chi connectivity index (χ0) is 27.8. The normalized spacial score (nSPS) is 10.8. The third-order valence-corrected chi connectivity index (χ3v) is 7.71. The molecule has 4 aromatic heterocycles. The van der Waals surface area contributed by atoms with Gasteiger partial charge < -0.3 is 26.1 Å². The summed E-state index contributed by atoms with van der Waals surface area (Å²) in [7, 11) is 3.45. The molecular formula is C31H24N6O2S. The van der Waals surface area contributed by atoms with Crippen molar-refractivity contribution < 1.29 is 9.53 Å². The number of aromatic nitrogens is 3. The second-order valence-corrected chi connectivity index (χ2v) is 10.0. The predicted molar refractivity (Wildman–Crippen MR) is 162 cm³/mol. The molecule has 9 heteroatoms. The number of carbonyl (C=O) groups excluding carboxylic acids is 1. The number of pyridine rings is 2. The molecule has 0 fully saturated rings. The Morgan fingerprint density at radius 2 is 1.88 bits per heavy atom. The Hall–Kier alpha value is -5.33. The summed E-state index contributed by atoms with van der Waals surface area (Å²) in [6.07, 6.45) is 3.32. The first-order valence-electron chi connectivity index (χ1n) is 12.4. The van der Waals surface area contributed by atoms with Gasteiger partial charge in [0.1, 0.15) is 23.1 Å². The number of aryl methyl sites for hydroxylation is 1. The topological polar surface area (TPSA) is 121 Å². The first-order valence-corrected chi connectivity index (χ1v) is 13.2. The van der Waals surface area contributed by atoms with Gasteiger partial charge >= 0.3 is 0 Å². The number of benzene rings is 2. The number of anilines is 3. The molecule has 8 nitrogen and oxygen atoms in total. The van der Waals surface area contributed by atoms with E-state index >= 15 is 0 Å². The number of fused-ring (bicyclic) bond motifs is 2. The highest BCUT2D eigenvalue weighted by Gasteiger charge is 2.18. The quantitative estimate of drug-likeness (QED) is 0.246. The van der Waals surface area contributed by atoms with Gasteiger partial charge in [0.25, 0.3) is 5.91 Å². The smallest absolute Gasteiger partial charge is 0.272 e. The van der Waals surface area contributed by atoms with Gasteiger partial charge in [0.15, 0.2) is 0 Å². The van der Waals surface area contributed by atoms with Crippen LogP contribution in [0.2, 0.25) is 0 Å². The van der Waals surface area contributed by atoms with Gasteiger partial charge in [-0.25, -0.2) is 9.97 Å². The maximum absolute atomic E-state index is 13.2. The van der Waals surface area contributed by atoms with Gasteiger partial charge in [-0.15, -0.1) is 11.3 Å². The van der Waals surface area contributed by atoms with Gasteiger partial charge in [0.05, 0.1) is 23.1 Å². The summed E-state index contributed by atoms with van der Waals surface area (Å²) in [5.41, 5.74) is 17.4. The Balaban J connectivity index is 1.33. The van der Waals surface area contributed by atoms with E-state index in [4.69, 9.17) is 16.2 Å². The van der Waals surface area contributed by atoms with Crippen molar-refractivity contribution in [2.45, 2.75) is 0 Å². The molecule has 0 saturated carbocycles. The van der Waals surface area contributed by atoms with E-state index in [-0.39, 0.29) is 5.91 Å². The van der Waals surface area contributed by atoms with Gasteiger partial charge in [0.2, 0.25) is 0 Å². The number of nitrogens with two attached hydrogens (primary N) is 2. The van der Waals surface area contributed by atoms with Crippen LogP contribution in [0.15, 0.2) is 78.4 Å². The minimum atomic E-state index is -0.223. The molecule has 0 radical (unpaired) electrons. The molecule has 6 rings (SSSR count). The van der Waals surface area contributed by atoms with Crippen molar-refractivity contribution in [1.29, 1.82) is 0 Å². The molecule has 1 amide bonds. The van der Waals surface area contributed by atoms with Crippen molar-refractivity contribution in [2.24, 2.45) is 7.05 Å². The number of para-hydroxylation sites is 1. The largest absolute Gasteiger partial charge is 0.495 e. The highest BCUT2D eigenvalue weighted by atomic mass is 32.1. The van der Waals surface area contributed by atoms with E-state index < -0.39 is 0 Å². The Morgan fingerprint density at radius 1 is 1.02 bits per heavy atom. The number of nitrogen functional groups attached to an aromatic ring is 2. The van der Waals surface area contributed by atoms with Crippen molar-refractivity contribution >= 4 is 55.6 Å². The lowest BCUT2D eigenvalue weighted by molar-refractivity contribution is 0.101. The third kappa shape index (κ3) is 4.46. The lowest BCUT2D eigenvalue weighted by atomic mass is 10.0. The zero-order valence-electron chi connectivity index (χ0n) is 21.7. The second-order valence-electron chi connectivity index (χ2n) is 9.15. The molecule has 6 aromatic rings. The number of carbonyl (C=O) groups is 1. The molecule has 0 unspecified atom stereocenters. The summed E-state index contributed by atoms with van der Waals surface area (Å²) in [5.74, 6) is 7.47. The SMILES string of the molecule is COc1cc(-c2csc3c(C#Cc4ccc(N)nc4)cnc(N)c23)ccc1NC(=O)c1cc2ccccc2n1C. The van der Waals surface area contributed by atoms with Gasteiger partial charge in [-0.05, 0) is 47.3 Å². The van der Waals surface area contributed by atoms with Crippen molar-refractivity contribution in [3.63, 3.8) is 0 Å². The van der Waals surface area contributed by atoms with Gasteiger partial charge in [-0.2, -0.15) is 0 Å². The number of methoxy groups -OCH3 is 1. The lowest BCUT2D eigenvalue weighted by Crippen LogP contribution is -2.16. The fraction of sp³-hybridized carbons (Fsp3) is 0.0645. The maximum atomic E-state index is 13.2. The number of thiophene rings is 1. The summed E-state index contributed by atoms with van der Waals surface area (Å²) in [5, 5.41) is 6.85. The molecule has 40 heavy (non-hydrogen) atoms. The Bertz CT molecular complexity index is 1980. The zero-order valence-corrected chi connectivity index (χ0v) is 22.5. The molecule has 4 heterocycles. The monoisotopic (exact) mass is 544 g/mol. The molecule has 5 N–H and O–H groups in total. The van der Waals surface area contributed by atoms with Crippen molar-refractivity contribution in [1.82, 2.24) is 14.5 Å². The van der Waals surface area contributed by atoms with E-state index in [1.54, 1.807) is 36.9 Å². The first-order chi connectivity index (χ1) is 19.4. The van der Waals surface area contributed by atoms with Crippen LogP contribution in [0.3, 0.4) is 0 Å². The number of ether oxygens (including phenoxy) is 1. The van der Waals surface area contributed by atoms with Crippen LogP contribution >= 0.6 is 11.3 Å². The minimum absolute atomic E-state index is 0.223. The maximum Gasteiger partial charge on any atom is 0.272 e. The number of rotatable bonds is 4. The number of amides is 1. The summed E-state index contributed by atoms with van der Waals surface area (Å²) in [6.45, 7) is 0. The first kappa shape index (κ1) is 25.0. The van der Waals surface area contributed by atoms with Crippen LogP contribution in [-0.4, -0.2) is 27.6 Å². The number of nitrogens with zero attached hydrogens (tertiary/aromatic N) is 3. The summed E-state index contributed by atoms with van der Waals surface area (Å²) >= 11 is 1.54. The van der Waals surface area contributed by atoms with E-state index in [1.165, 1.54) is 0 Å². The molecule has 0 spiro atoms. The predicted octanol–water partition coefficient (Wildman–Crippen LogP) is 5.68. The molecule has 0 aliphatic carbocycles. The fourth-order valence-electron chi connectivity index (χ4n) is 4.64. The van der Waals surface area contributed by atoms with Crippen LogP contribution in [0.5, 0.6) is 5.75 Å². The van der Waals surface area contributed by atoms with E-state index in [0.29, 0.717) is 28.8 Å². The van der Waals surface area contributed by atoms with E-state index in [1.807, 2.05) is 71.6 Å². The minimum Gasteiger partial charge on any atom is -0.495 e. The van der Waals surface area contributed by atoms with Crippen molar-refractivity contribution in [2.75, 3.05) is 23.9 Å². The third-order valence-electron chi connectivity index (χ3n) is 6.70. The molecule has 196 valence electrons. The summed E-state index contributed by atoms with van der Waals surface area (Å²) < 4.78 is 8.48. The Labute approximate surface area is 234 Å². The van der Waals surface area contributed by atoms with Gasteiger partial charge in [-0.3, -0.25) is 4.79 Å². The molecule has 0 aliphatic rings. The number of nitrogens with one attached hydrogen (secondary N) is 1. The average molecular weight is 545 g/mol. The van der Waals surface area contributed by atoms with Gasteiger partial charge in [-0.1, -0.05) is 36.1 Å². The molecule has 0 aliphatic heterocycles. The van der Waals surface area contributed by atoms with Crippen molar-refractivity contribution in [3.8, 4) is 28.7 Å². The van der Waals surface area contributed by atoms with E-state index in [0.717, 1.165) is 43.2 Å². The van der Waals surface area contributed by atoms with Crippen LogP contribution in [-0.2, 0) is 7.05 Å². The molecular weight excluding hydrogens is 520 g/mol. The standard InChI is InChI=1S/C31H24N6O2S/c1-37-24-6-4-3-5-20(24)13-25(37)31(38)36-23-11-10-19(14-26(23)39-2)22-17-40-29-21(16-35-30(33)28(22)29)9-7-18-8-12-27(32)34-15-18/h3-6,8,10-17H,1-2H3,(H2,32,34)(H2,33,35)(H,36,38). The number of hydrogen-bond acceptors (Lipinski definition) is 7. The van der Waals surface area contributed by atoms with Crippen LogP contribution in [0.1, 0.15) is 21.6 Å². The average Bonchev–Trinajstić information content (AvgIpc) is 3.57. The summed E-state index contributed by atoms with van der Waals surface area (Å²) in [6, 6.07) is 18.9. The van der Waals surface area contributed by atoms with Crippen LogP contribution in [0, 0.1) is 11.8 Å². The second kappa shape index (κ2) is 10.1. The highest BCUT2D eigenvalue weighted by Crippen LogP contribution is 2.40. The van der Waals surface area contributed by atoms with Crippen LogP contribution < -0.4 is 21.5 Å². The lowest BCUT2D eigenvalue weighted by Gasteiger charge is -2.13. The Kier molecular flexibility index (Phi) is 6.30. The molecule has 0 atom stereocenters. The van der Waals surface area contributed by atoms with Crippen LogP contribution in [0.4, 0.5) is 17.3 Å².